The number of rotatable bonds is 7. The molecule has 0 atom stereocenters. The Hall–Kier alpha value is -2.67. The fourth-order valence-electron chi connectivity index (χ4n) is 3.01. The van der Waals surface area contributed by atoms with Crippen LogP contribution in [0.5, 0.6) is 0 Å². The number of hydrogen-bond acceptors (Lipinski definition) is 4. The van der Waals surface area contributed by atoms with Crippen LogP contribution in [0.25, 0.3) is 0 Å². The molecule has 0 bridgehead atoms. The fraction of sp³-hybridized carbons (Fsp3) is 0.286. The summed E-state index contributed by atoms with van der Waals surface area (Å²) in [6.07, 6.45) is 1.80. The number of halogens is 1. The van der Waals surface area contributed by atoms with E-state index in [1.165, 1.54) is 7.11 Å². The van der Waals surface area contributed by atoms with E-state index in [-0.39, 0.29) is 24.8 Å². The van der Waals surface area contributed by atoms with Gasteiger partial charge in [0.2, 0.25) is 11.8 Å². The molecule has 0 saturated heterocycles. The zero-order chi connectivity index (χ0) is 20.1. The number of nitrogens with one attached hydrogen (secondary N) is 2. The SMILES string of the molecule is COC(=O)CNC(=O)Cc1ccc(NC(=O)C2(c3cccc(Br)c3)CC2)cc1. The molecule has 1 aliphatic carbocycles. The molecule has 2 aromatic rings. The van der Waals surface area contributed by atoms with Gasteiger partial charge in [-0.05, 0) is 48.2 Å². The second kappa shape index (κ2) is 8.56. The van der Waals surface area contributed by atoms with E-state index >= 15 is 0 Å². The minimum atomic E-state index is -0.495. The number of ether oxygens (including phenoxy) is 1. The molecule has 146 valence electrons. The van der Waals surface area contributed by atoms with Gasteiger partial charge in [0.25, 0.3) is 0 Å². The molecule has 1 saturated carbocycles. The Kier molecular flexibility index (Phi) is 6.14. The number of benzene rings is 2. The average Bonchev–Trinajstić information content (AvgIpc) is 3.50. The van der Waals surface area contributed by atoms with Gasteiger partial charge in [0.1, 0.15) is 6.54 Å². The summed E-state index contributed by atoms with van der Waals surface area (Å²) in [5, 5.41) is 5.47. The lowest BCUT2D eigenvalue weighted by atomic mass is 9.95. The van der Waals surface area contributed by atoms with E-state index in [1.54, 1.807) is 24.3 Å². The molecular formula is C21H21BrN2O4. The lowest BCUT2D eigenvalue weighted by Gasteiger charge is -2.16. The average molecular weight is 445 g/mol. The van der Waals surface area contributed by atoms with Gasteiger partial charge in [0, 0.05) is 10.2 Å². The van der Waals surface area contributed by atoms with Crippen LogP contribution in [-0.4, -0.2) is 31.4 Å². The van der Waals surface area contributed by atoms with E-state index in [0.29, 0.717) is 5.69 Å². The summed E-state index contributed by atoms with van der Waals surface area (Å²) in [4.78, 5) is 35.7. The summed E-state index contributed by atoms with van der Waals surface area (Å²) in [5.41, 5.74) is 2.02. The second-order valence-corrected chi connectivity index (χ2v) is 7.69. The van der Waals surface area contributed by atoms with Crippen molar-refractivity contribution >= 4 is 39.4 Å². The first kappa shape index (κ1) is 20.1. The smallest absolute Gasteiger partial charge is 0.325 e. The molecule has 1 aliphatic rings. The van der Waals surface area contributed by atoms with Gasteiger partial charge in [-0.25, -0.2) is 0 Å². The van der Waals surface area contributed by atoms with Gasteiger partial charge >= 0.3 is 5.97 Å². The van der Waals surface area contributed by atoms with Crippen molar-refractivity contribution in [3.63, 3.8) is 0 Å². The van der Waals surface area contributed by atoms with Crippen molar-refractivity contribution in [2.45, 2.75) is 24.7 Å². The minimum absolute atomic E-state index is 0.0193. The van der Waals surface area contributed by atoms with Crippen molar-refractivity contribution < 1.29 is 19.1 Å². The molecule has 2 aromatic carbocycles. The topological polar surface area (TPSA) is 84.5 Å². The van der Waals surface area contributed by atoms with Gasteiger partial charge in [-0.3, -0.25) is 14.4 Å². The van der Waals surface area contributed by atoms with E-state index in [2.05, 4.69) is 31.3 Å². The largest absolute Gasteiger partial charge is 0.468 e. The van der Waals surface area contributed by atoms with E-state index in [0.717, 1.165) is 28.4 Å². The van der Waals surface area contributed by atoms with Gasteiger partial charge in [-0.1, -0.05) is 40.2 Å². The van der Waals surface area contributed by atoms with Gasteiger partial charge < -0.3 is 15.4 Å². The Bertz CT molecular complexity index is 892. The second-order valence-electron chi connectivity index (χ2n) is 6.77. The van der Waals surface area contributed by atoms with Crippen LogP contribution < -0.4 is 10.6 Å². The molecule has 7 heteroatoms. The number of anilines is 1. The molecule has 3 rings (SSSR count). The van der Waals surface area contributed by atoms with E-state index in [1.807, 2.05) is 24.3 Å². The third-order valence-electron chi connectivity index (χ3n) is 4.80. The molecule has 0 aromatic heterocycles. The standard InChI is InChI=1S/C21H21BrN2O4/c1-28-19(26)13-23-18(25)11-14-5-7-17(8-6-14)24-20(27)21(9-10-21)15-3-2-4-16(22)12-15/h2-8,12H,9-11,13H2,1H3,(H,23,25)(H,24,27). The normalized spacial score (nSPS) is 14.1. The van der Waals surface area contributed by atoms with E-state index in [9.17, 15) is 14.4 Å². The predicted molar refractivity (Wildman–Crippen MR) is 109 cm³/mol. The van der Waals surface area contributed by atoms with Crippen molar-refractivity contribution in [3.05, 3.63) is 64.1 Å². The van der Waals surface area contributed by atoms with Crippen LogP contribution in [0.4, 0.5) is 5.69 Å². The Morgan fingerprint density at radius 1 is 1.11 bits per heavy atom. The number of methoxy groups -OCH3 is 1. The summed E-state index contributed by atoms with van der Waals surface area (Å²) in [5.74, 6) is -0.784. The van der Waals surface area contributed by atoms with Gasteiger partial charge in [-0.15, -0.1) is 0 Å². The summed E-state index contributed by atoms with van der Waals surface area (Å²) >= 11 is 3.46. The highest BCUT2D eigenvalue weighted by Gasteiger charge is 2.51. The van der Waals surface area contributed by atoms with Crippen LogP contribution in [0.1, 0.15) is 24.0 Å². The molecule has 28 heavy (non-hydrogen) atoms. The molecule has 0 aliphatic heterocycles. The zero-order valence-electron chi connectivity index (χ0n) is 15.5. The number of amides is 2. The molecule has 0 spiro atoms. The lowest BCUT2D eigenvalue weighted by Crippen LogP contribution is -2.31. The van der Waals surface area contributed by atoms with Gasteiger partial charge in [0.15, 0.2) is 0 Å². The molecule has 2 amide bonds. The molecular weight excluding hydrogens is 424 g/mol. The van der Waals surface area contributed by atoms with Crippen LogP contribution in [0, 0.1) is 0 Å². The lowest BCUT2D eigenvalue weighted by molar-refractivity contribution is -0.141. The zero-order valence-corrected chi connectivity index (χ0v) is 17.0. The van der Waals surface area contributed by atoms with Crippen LogP contribution in [0.3, 0.4) is 0 Å². The Balaban J connectivity index is 1.58. The highest BCUT2D eigenvalue weighted by atomic mass is 79.9. The quantitative estimate of drug-likeness (QED) is 0.642. The molecule has 2 N–H and O–H groups in total. The van der Waals surface area contributed by atoms with Crippen LogP contribution >= 0.6 is 15.9 Å². The molecule has 0 radical (unpaired) electrons. The van der Waals surface area contributed by atoms with Crippen molar-refractivity contribution in [1.29, 1.82) is 0 Å². The summed E-state index contributed by atoms with van der Waals surface area (Å²) in [7, 11) is 1.27. The highest BCUT2D eigenvalue weighted by molar-refractivity contribution is 9.10. The molecule has 0 heterocycles. The molecule has 0 unspecified atom stereocenters. The first-order valence-electron chi connectivity index (χ1n) is 8.93. The maximum Gasteiger partial charge on any atom is 0.325 e. The summed E-state index contributed by atoms with van der Waals surface area (Å²) in [6.45, 7) is -0.152. The van der Waals surface area contributed by atoms with Crippen LogP contribution in [-0.2, 0) is 31.0 Å². The van der Waals surface area contributed by atoms with Crippen molar-refractivity contribution in [2.75, 3.05) is 19.0 Å². The monoisotopic (exact) mass is 444 g/mol. The van der Waals surface area contributed by atoms with Crippen LogP contribution in [0.2, 0.25) is 0 Å². The van der Waals surface area contributed by atoms with Crippen molar-refractivity contribution in [1.82, 2.24) is 5.32 Å². The van der Waals surface area contributed by atoms with Crippen molar-refractivity contribution in [3.8, 4) is 0 Å². The van der Waals surface area contributed by atoms with Crippen molar-refractivity contribution in [2.24, 2.45) is 0 Å². The third-order valence-corrected chi connectivity index (χ3v) is 5.29. The third kappa shape index (κ3) is 4.78. The summed E-state index contributed by atoms with van der Waals surface area (Å²) in [6, 6.07) is 15.0. The number of esters is 1. The van der Waals surface area contributed by atoms with Gasteiger partial charge in [0.05, 0.1) is 18.9 Å². The maximum atomic E-state index is 12.8. The first-order valence-corrected chi connectivity index (χ1v) is 9.72. The first-order chi connectivity index (χ1) is 13.4. The predicted octanol–water partition coefficient (Wildman–Crippen LogP) is 2.95. The van der Waals surface area contributed by atoms with E-state index in [4.69, 9.17) is 0 Å². The Morgan fingerprint density at radius 3 is 2.43 bits per heavy atom. The number of carbonyl (C=O) groups excluding carboxylic acids is 3. The van der Waals surface area contributed by atoms with Crippen LogP contribution in [0.15, 0.2) is 53.0 Å². The maximum absolute atomic E-state index is 12.8. The fourth-order valence-corrected chi connectivity index (χ4v) is 3.40. The Morgan fingerprint density at radius 2 is 1.82 bits per heavy atom. The highest BCUT2D eigenvalue weighted by Crippen LogP contribution is 2.49. The summed E-state index contributed by atoms with van der Waals surface area (Å²) < 4.78 is 5.44. The number of carbonyl (C=O) groups is 3. The van der Waals surface area contributed by atoms with Gasteiger partial charge in [-0.2, -0.15) is 0 Å². The molecule has 6 nitrogen and oxygen atoms in total. The Labute approximate surface area is 171 Å². The molecule has 1 fully saturated rings. The minimum Gasteiger partial charge on any atom is -0.468 e. The number of hydrogen-bond donors (Lipinski definition) is 2. The van der Waals surface area contributed by atoms with E-state index < -0.39 is 11.4 Å².